The van der Waals surface area contributed by atoms with Gasteiger partial charge in [-0.15, -0.1) is 0 Å². The minimum Gasteiger partial charge on any atom is -0.309 e. The number of hydrogen-bond donors (Lipinski definition) is 0. The number of nitrogens with zero attached hydrogens (tertiary/aromatic N) is 1. The monoisotopic (exact) mass is 765 g/mol. The van der Waals surface area contributed by atoms with Crippen LogP contribution in [0.15, 0.2) is 224 Å². The lowest BCUT2D eigenvalue weighted by Crippen LogP contribution is -2.15. The molecule has 0 saturated heterocycles. The summed E-state index contributed by atoms with van der Waals surface area (Å²) in [5.74, 6) is 0. The Hall–Kier alpha value is -7.48. The van der Waals surface area contributed by atoms with E-state index in [0.717, 1.165) is 22.6 Å². The zero-order valence-electron chi connectivity index (χ0n) is 33.8. The highest BCUT2D eigenvalue weighted by Crippen LogP contribution is 2.53. The first-order valence-electron chi connectivity index (χ1n) is 20.9. The van der Waals surface area contributed by atoms with E-state index in [1.807, 2.05) is 0 Å². The van der Waals surface area contributed by atoms with Crippen LogP contribution >= 0.6 is 0 Å². The van der Waals surface area contributed by atoms with Crippen LogP contribution < -0.4 is 4.90 Å². The summed E-state index contributed by atoms with van der Waals surface area (Å²) in [6.45, 7) is 4.70. The molecule has 0 amide bonds. The van der Waals surface area contributed by atoms with Gasteiger partial charge in [-0.25, -0.2) is 0 Å². The minimum absolute atomic E-state index is 0.0634. The van der Waals surface area contributed by atoms with Crippen molar-refractivity contribution in [2.45, 2.75) is 19.3 Å². The van der Waals surface area contributed by atoms with E-state index in [1.54, 1.807) is 0 Å². The molecule has 1 aliphatic carbocycles. The van der Waals surface area contributed by atoms with Gasteiger partial charge in [0.15, 0.2) is 0 Å². The Morgan fingerprint density at radius 1 is 0.300 bits per heavy atom. The van der Waals surface area contributed by atoms with Crippen LogP contribution in [0.2, 0.25) is 0 Å². The first-order chi connectivity index (χ1) is 29.5. The van der Waals surface area contributed by atoms with E-state index in [4.69, 9.17) is 0 Å². The first-order valence-corrected chi connectivity index (χ1v) is 20.9. The molecule has 0 radical (unpaired) electrons. The first kappa shape index (κ1) is 35.7. The molecule has 10 aromatic rings. The van der Waals surface area contributed by atoms with Crippen molar-refractivity contribution >= 4 is 38.6 Å². The molecule has 60 heavy (non-hydrogen) atoms. The molecular formula is C59H43N. The number of anilines is 3. The second kappa shape index (κ2) is 14.4. The van der Waals surface area contributed by atoms with Crippen molar-refractivity contribution in [3.63, 3.8) is 0 Å². The van der Waals surface area contributed by atoms with E-state index in [0.29, 0.717) is 0 Å². The topological polar surface area (TPSA) is 3.24 Å². The highest BCUT2D eigenvalue weighted by Gasteiger charge is 2.35. The van der Waals surface area contributed by atoms with E-state index in [-0.39, 0.29) is 5.41 Å². The van der Waals surface area contributed by atoms with E-state index >= 15 is 0 Å². The van der Waals surface area contributed by atoms with Gasteiger partial charge in [-0.1, -0.05) is 208 Å². The van der Waals surface area contributed by atoms with Crippen LogP contribution in [-0.4, -0.2) is 0 Å². The standard InChI is InChI=1S/C59H43N/c1-59(2)53-28-14-11-26-51(53)52-39-45(35-37-54(52)59)50-27-17-31-57(58(50)42-21-7-4-8-22-42)60(55-29-15-12-24-48(55)40-18-5-3-6-19-40)56-30-16-13-25-49(56)44-34-36-47-43(38-44)33-32-41-20-9-10-23-46(41)47/h3-39H,1-2H3. The Morgan fingerprint density at radius 2 is 0.817 bits per heavy atom. The van der Waals surface area contributed by atoms with Gasteiger partial charge in [0.1, 0.15) is 0 Å². The smallest absolute Gasteiger partial charge is 0.0546 e. The molecule has 0 bridgehead atoms. The molecule has 0 atom stereocenters. The molecule has 1 heteroatoms. The highest BCUT2D eigenvalue weighted by atomic mass is 15.1. The van der Waals surface area contributed by atoms with Crippen LogP contribution in [0.3, 0.4) is 0 Å². The largest absolute Gasteiger partial charge is 0.309 e. The summed E-state index contributed by atoms with van der Waals surface area (Å²) in [5, 5.41) is 5.02. The van der Waals surface area contributed by atoms with Crippen LogP contribution in [-0.2, 0) is 5.41 Å². The number of benzene rings is 10. The normalized spacial score (nSPS) is 12.6. The van der Waals surface area contributed by atoms with Crippen molar-refractivity contribution in [2.24, 2.45) is 0 Å². The Balaban J connectivity index is 1.18. The molecule has 0 fully saturated rings. The van der Waals surface area contributed by atoms with Crippen molar-refractivity contribution in [1.29, 1.82) is 0 Å². The number of para-hydroxylation sites is 2. The Kier molecular flexibility index (Phi) is 8.57. The van der Waals surface area contributed by atoms with Crippen LogP contribution in [0.1, 0.15) is 25.0 Å². The van der Waals surface area contributed by atoms with Crippen molar-refractivity contribution in [3.8, 4) is 55.6 Å². The summed E-state index contributed by atoms with van der Waals surface area (Å²) < 4.78 is 0. The van der Waals surface area contributed by atoms with Gasteiger partial charge in [0.05, 0.1) is 17.1 Å². The minimum atomic E-state index is -0.0634. The average Bonchev–Trinajstić information content (AvgIpc) is 3.54. The van der Waals surface area contributed by atoms with Crippen LogP contribution in [0.4, 0.5) is 17.1 Å². The van der Waals surface area contributed by atoms with Gasteiger partial charge in [0, 0.05) is 22.1 Å². The molecule has 1 nitrogen and oxygen atoms in total. The number of rotatable bonds is 7. The van der Waals surface area contributed by atoms with Gasteiger partial charge < -0.3 is 4.90 Å². The Labute approximate surface area is 352 Å². The lowest BCUT2D eigenvalue weighted by molar-refractivity contribution is 0.660. The van der Waals surface area contributed by atoms with Gasteiger partial charge in [-0.3, -0.25) is 0 Å². The maximum Gasteiger partial charge on any atom is 0.0546 e. The number of hydrogen-bond acceptors (Lipinski definition) is 1. The van der Waals surface area contributed by atoms with Gasteiger partial charge >= 0.3 is 0 Å². The van der Waals surface area contributed by atoms with Crippen molar-refractivity contribution in [1.82, 2.24) is 0 Å². The summed E-state index contributed by atoms with van der Waals surface area (Å²) in [5.41, 5.74) is 18.1. The third kappa shape index (κ3) is 5.85. The maximum absolute atomic E-state index is 2.51. The molecule has 11 rings (SSSR count). The third-order valence-electron chi connectivity index (χ3n) is 12.7. The van der Waals surface area contributed by atoms with Crippen molar-refractivity contribution in [2.75, 3.05) is 4.90 Å². The summed E-state index contributed by atoms with van der Waals surface area (Å²) in [7, 11) is 0. The Bertz CT molecular complexity index is 3230. The van der Waals surface area contributed by atoms with Crippen LogP contribution in [0, 0.1) is 0 Å². The summed E-state index contributed by atoms with van der Waals surface area (Å²) in [6.07, 6.45) is 0. The summed E-state index contributed by atoms with van der Waals surface area (Å²) >= 11 is 0. The molecule has 1 aliphatic rings. The molecule has 0 N–H and O–H groups in total. The zero-order valence-corrected chi connectivity index (χ0v) is 33.8. The van der Waals surface area contributed by atoms with Crippen molar-refractivity contribution in [3.05, 3.63) is 236 Å². The molecule has 0 saturated carbocycles. The fourth-order valence-electron chi connectivity index (χ4n) is 9.78. The maximum atomic E-state index is 2.51. The van der Waals surface area contributed by atoms with E-state index < -0.39 is 0 Å². The highest BCUT2D eigenvalue weighted by molar-refractivity contribution is 6.09. The van der Waals surface area contributed by atoms with Gasteiger partial charge in [-0.05, 0) is 102 Å². The summed E-state index contributed by atoms with van der Waals surface area (Å²) in [6, 6.07) is 82.6. The van der Waals surface area contributed by atoms with Gasteiger partial charge in [0.2, 0.25) is 0 Å². The molecule has 0 aromatic heterocycles. The second-order valence-corrected chi connectivity index (χ2v) is 16.5. The fraction of sp³-hybridized carbons (Fsp3) is 0.0508. The van der Waals surface area contributed by atoms with Crippen LogP contribution in [0.25, 0.3) is 77.2 Å². The molecule has 0 aliphatic heterocycles. The van der Waals surface area contributed by atoms with E-state index in [9.17, 15) is 0 Å². The van der Waals surface area contributed by atoms with Gasteiger partial charge in [-0.2, -0.15) is 0 Å². The fourth-order valence-corrected chi connectivity index (χ4v) is 9.78. The summed E-state index contributed by atoms with van der Waals surface area (Å²) in [4.78, 5) is 2.51. The number of fused-ring (bicyclic) bond motifs is 6. The Morgan fingerprint density at radius 3 is 1.58 bits per heavy atom. The molecule has 0 spiro atoms. The lowest BCUT2D eigenvalue weighted by atomic mass is 9.82. The van der Waals surface area contributed by atoms with E-state index in [2.05, 4.69) is 243 Å². The zero-order chi connectivity index (χ0) is 40.2. The van der Waals surface area contributed by atoms with Crippen molar-refractivity contribution < 1.29 is 0 Å². The predicted octanol–water partition coefficient (Wildman–Crippen LogP) is 16.4. The van der Waals surface area contributed by atoms with E-state index in [1.165, 1.54) is 82.7 Å². The third-order valence-corrected chi connectivity index (χ3v) is 12.7. The lowest BCUT2D eigenvalue weighted by Gasteiger charge is -2.32. The quantitative estimate of drug-likeness (QED) is 0.146. The van der Waals surface area contributed by atoms with Gasteiger partial charge in [0.25, 0.3) is 0 Å². The van der Waals surface area contributed by atoms with Crippen LogP contribution in [0.5, 0.6) is 0 Å². The predicted molar refractivity (Wildman–Crippen MR) is 255 cm³/mol. The molecule has 0 heterocycles. The molecule has 284 valence electrons. The molecular weight excluding hydrogens is 723 g/mol. The molecule has 10 aromatic carbocycles. The second-order valence-electron chi connectivity index (χ2n) is 16.5. The SMILES string of the molecule is CC1(C)c2ccccc2-c2cc(-c3cccc(N(c4ccccc4-c4ccccc4)c4ccccc4-c4ccc5c(ccc6ccccc65)c4)c3-c3ccccc3)ccc21. The average molecular weight is 766 g/mol. The molecule has 0 unspecified atom stereocenters.